The fourth-order valence-electron chi connectivity index (χ4n) is 2.90. The number of rotatable bonds is 5. The number of hydrogen-bond acceptors (Lipinski definition) is 5. The summed E-state index contributed by atoms with van der Waals surface area (Å²) < 4.78 is 23.8. The van der Waals surface area contributed by atoms with Gasteiger partial charge in [-0.25, -0.2) is 8.42 Å². The molecule has 0 aromatic heterocycles. The third kappa shape index (κ3) is 4.30. The van der Waals surface area contributed by atoms with Crippen LogP contribution in [-0.2, 0) is 9.84 Å². The summed E-state index contributed by atoms with van der Waals surface area (Å²) in [5.74, 6) is 0.424. The molecule has 0 bridgehead atoms. The molecule has 1 atom stereocenters. The summed E-state index contributed by atoms with van der Waals surface area (Å²) >= 11 is 0. The number of nitrogens with one attached hydrogen (secondary N) is 1. The van der Waals surface area contributed by atoms with Gasteiger partial charge in [0.25, 0.3) is 0 Å². The minimum absolute atomic E-state index is 0.0690. The molecule has 1 saturated heterocycles. The average molecular weight is 324 g/mol. The quantitative estimate of drug-likeness (QED) is 0.840. The summed E-state index contributed by atoms with van der Waals surface area (Å²) in [7, 11) is -1.22. The lowest BCUT2D eigenvalue weighted by molar-refractivity contribution is 0.101. The first kappa shape index (κ1) is 17.0. The minimum Gasteiger partial charge on any atom is -0.384 e. The van der Waals surface area contributed by atoms with Gasteiger partial charge in [0.05, 0.1) is 10.6 Å². The first-order chi connectivity index (χ1) is 10.3. The summed E-state index contributed by atoms with van der Waals surface area (Å²) in [5, 5.41) is 3.25. The SMILES string of the molecule is CC(=O)c1ccc(S(C)(=O)=O)c(NCC2CCCN(C)C2)c1. The number of hydrogen-bond donors (Lipinski definition) is 1. The zero-order valence-electron chi connectivity index (χ0n) is 13.4. The Labute approximate surface area is 132 Å². The van der Waals surface area contributed by atoms with E-state index < -0.39 is 9.84 Å². The number of nitrogens with zero attached hydrogens (tertiary/aromatic N) is 1. The van der Waals surface area contributed by atoms with Gasteiger partial charge in [0.2, 0.25) is 0 Å². The second-order valence-electron chi connectivity index (χ2n) is 6.19. The van der Waals surface area contributed by atoms with Crippen molar-refractivity contribution in [2.75, 3.05) is 38.3 Å². The summed E-state index contributed by atoms with van der Waals surface area (Å²) in [4.78, 5) is 14.1. The largest absolute Gasteiger partial charge is 0.384 e. The fourth-order valence-corrected chi connectivity index (χ4v) is 3.75. The number of likely N-dealkylation sites (tertiary alicyclic amines) is 1. The highest BCUT2D eigenvalue weighted by Crippen LogP contribution is 2.24. The third-order valence-electron chi connectivity index (χ3n) is 4.09. The van der Waals surface area contributed by atoms with Crippen LogP contribution >= 0.6 is 0 Å². The molecule has 1 aromatic rings. The summed E-state index contributed by atoms with van der Waals surface area (Å²) in [6, 6.07) is 4.73. The molecule has 122 valence electrons. The van der Waals surface area contributed by atoms with E-state index in [-0.39, 0.29) is 10.7 Å². The van der Waals surface area contributed by atoms with Gasteiger partial charge in [-0.15, -0.1) is 0 Å². The molecule has 0 aliphatic carbocycles. The van der Waals surface area contributed by atoms with Crippen molar-refractivity contribution in [2.45, 2.75) is 24.7 Å². The van der Waals surface area contributed by atoms with Crippen molar-refractivity contribution >= 4 is 21.3 Å². The van der Waals surface area contributed by atoms with Gasteiger partial charge in [-0.2, -0.15) is 0 Å². The van der Waals surface area contributed by atoms with E-state index in [2.05, 4.69) is 17.3 Å². The van der Waals surface area contributed by atoms with E-state index in [1.165, 1.54) is 19.2 Å². The van der Waals surface area contributed by atoms with Crippen LogP contribution in [0.3, 0.4) is 0 Å². The lowest BCUT2D eigenvalue weighted by Crippen LogP contribution is -2.35. The summed E-state index contributed by atoms with van der Waals surface area (Å²) in [6.07, 6.45) is 3.49. The molecule has 5 nitrogen and oxygen atoms in total. The maximum atomic E-state index is 11.9. The number of anilines is 1. The Hall–Kier alpha value is -1.40. The molecule has 0 radical (unpaired) electrons. The molecule has 22 heavy (non-hydrogen) atoms. The maximum Gasteiger partial charge on any atom is 0.177 e. The van der Waals surface area contributed by atoms with Crippen LogP contribution in [0.2, 0.25) is 0 Å². The molecular weight excluding hydrogens is 300 g/mol. The number of piperidine rings is 1. The van der Waals surface area contributed by atoms with E-state index in [1.54, 1.807) is 12.1 Å². The van der Waals surface area contributed by atoms with Gasteiger partial charge in [-0.05, 0) is 57.5 Å². The Kier molecular flexibility index (Phi) is 5.24. The standard InChI is InChI=1S/C16H24N2O3S/c1-12(19)14-6-7-16(22(3,20)21)15(9-14)17-10-13-5-4-8-18(2)11-13/h6-7,9,13,17H,4-5,8,10-11H2,1-3H3. The molecule has 1 N–H and O–H groups in total. The van der Waals surface area contributed by atoms with Crippen molar-refractivity contribution in [3.63, 3.8) is 0 Å². The third-order valence-corrected chi connectivity index (χ3v) is 5.24. The van der Waals surface area contributed by atoms with Crippen molar-refractivity contribution in [2.24, 2.45) is 5.92 Å². The first-order valence-electron chi connectivity index (χ1n) is 7.55. The molecule has 0 spiro atoms. The predicted molar refractivity (Wildman–Crippen MR) is 88.3 cm³/mol. The summed E-state index contributed by atoms with van der Waals surface area (Å²) in [6.45, 7) is 4.32. The van der Waals surface area contributed by atoms with E-state index in [0.29, 0.717) is 23.7 Å². The number of ketones is 1. The van der Waals surface area contributed by atoms with E-state index >= 15 is 0 Å². The molecule has 1 aliphatic heterocycles. The van der Waals surface area contributed by atoms with Gasteiger partial charge < -0.3 is 10.2 Å². The van der Waals surface area contributed by atoms with Crippen LogP contribution in [-0.4, -0.2) is 52.0 Å². The number of benzene rings is 1. The lowest BCUT2D eigenvalue weighted by atomic mass is 9.98. The normalized spacial score (nSPS) is 19.9. The van der Waals surface area contributed by atoms with Crippen LogP contribution in [0.1, 0.15) is 30.1 Å². The molecule has 1 fully saturated rings. The van der Waals surface area contributed by atoms with E-state index in [9.17, 15) is 13.2 Å². The molecule has 1 unspecified atom stereocenters. The molecule has 0 saturated carbocycles. The van der Waals surface area contributed by atoms with Crippen molar-refractivity contribution in [1.82, 2.24) is 4.90 Å². The van der Waals surface area contributed by atoms with Gasteiger partial charge in [0.1, 0.15) is 0 Å². The fraction of sp³-hybridized carbons (Fsp3) is 0.562. The van der Waals surface area contributed by atoms with Crippen molar-refractivity contribution in [3.05, 3.63) is 23.8 Å². The van der Waals surface area contributed by atoms with Crippen LogP contribution in [0, 0.1) is 5.92 Å². The Morgan fingerprint density at radius 1 is 1.41 bits per heavy atom. The van der Waals surface area contributed by atoms with Crippen LogP contribution in [0.15, 0.2) is 23.1 Å². The summed E-state index contributed by atoms with van der Waals surface area (Å²) in [5.41, 5.74) is 1.05. The number of carbonyl (C=O) groups excluding carboxylic acids is 1. The van der Waals surface area contributed by atoms with Crippen LogP contribution < -0.4 is 5.32 Å². The second kappa shape index (κ2) is 6.79. The molecular formula is C16H24N2O3S. The maximum absolute atomic E-state index is 11.9. The smallest absolute Gasteiger partial charge is 0.177 e. The van der Waals surface area contributed by atoms with Crippen molar-refractivity contribution in [3.8, 4) is 0 Å². The van der Waals surface area contributed by atoms with Gasteiger partial charge in [-0.3, -0.25) is 4.79 Å². The second-order valence-corrected chi connectivity index (χ2v) is 8.17. The lowest BCUT2D eigenvalue weighted by Gasteiger charge is -2.30. The van der Waals surface area contributed by atoms with Crippen LogP contribution in [0.5, 0.6) is 0 Å². The monoisotopic (exact) mass is 324 g/mol. The number of carbonyl (C=O) groups is 1. The number of sulfone groups is 1. The van der Waals surface area contributed by atoms with Crippen molar-refractivity contribution < 1.29 is 13.2 Å². The van der Waals surface area contributed by atoms with Crippen LogP contribution in [0.25, 0.3) is 0 Å². The van der Waals surface area contributed by atoms with Gasteiger partial charge in [0.15, 0.2) is 15.6 Å². The Bertz CT molecular complexity index is 655. The zero-order valence-corrected chi connectivity index (χ0v) is 14.2. The Morgan fingerprint density at radius 3 is 2.73 bits per heavy atom. The predicted octanol–water partition coefficient (Wildman–Crippen LogP) is 2.05. The molecule has 1 aromatic carbocycles. The molecule has 0 amide bonds. The van der Waals surface area contributed by atoms with Crippen molar-refractivity contribution in [1.29, 1.82) is 0 Å². The number of Topliss-reactive ketones (excluding diaryl/α,β-unsaturated/α-hetero) is 1. The van der Waals surface area contributed by atoms with Crippen LogP contribution in [0.4, 0.5) is 5.69 Å². The topological polar surface area (TPSA) is 66.5 Å². The average Bonchev–Trinajstić information content (AvgIpc) is 2.44. The molecule has 1 aliphatic rings. The van der Waals surface area contributed by atoms with Gasteiger partial charge in [0, 0.05) is 24.9 Å². The highest BCUT2D eigenvalue weighted by Gasteiger charge is 2.19. The molecule has 2 rings (SSSR count). The highest BCUT2D eigenvalue weighted by atomic mass is 32.2. The van der Waals surface area contributed by atoms with Gasteiger partial charge >= 0.3 is 0 Å². The van der Waals surface area contributed by atoms with Gasteiger partial charge in [-0.1, -0.05) is 0 Å². The Morgan fingerprint density at radius 2 is 2.14 bits per heavy atom. The van der Waals surface area contributed by atoms with E-state index in [4.69, 9.17) is 0 Å². The van der Waals surface area contributed by atoms with E-state index in [1.807, 2.05) is 0 Å². The first-order valence-corrected chi connectivity index (χ1v) is 9.44. The Balaban J connectivity index is 2.20. The molecule has 6 heteroatoms. The highest BCUT2D eigenvalue weighted by molar-refractivity contribution is 7.90. The minimum atomic E-state index is -3.32. The van der Waals surface area contributed by atoms with E-state index in [0.717, 1.165) is 25.9 Å². The molecule has 1 heterocycles. The zero-order chi connectivity index (χ0) is 16.3.